The Morgan fingerprint density at radius 3 is 1.64 bits per heavy atom. The van der Waals surface area contributed by atoms with Crippen LogP contribution in [0.1, 0.15) is 110 Å². The van der Waals surface area contributed by atoms with Crippen LogP contribution in [0.5, 0.6) is 0 Å². The molecule has 2 nitrogen and oxygen atoms in total. The van der Waals surface area contributed by atoms with Crippen molar-refractivity contribution < 1.29 is 9.84 Å². The number of thioether (sulfide) groups is 1. The van der Waals surface area contributed by atoms with Crippen molar-refractivity contribution in [1.82, 2.24) is 0 Å². The zero-order valence-electron chi connectivity index (χ0n) is 17.3. The minimum atomic E-state index is -0.233. The van der Waals surface area contributed by atoms with Crippen LogP contribution in [0.3, 0.4) is 0 Å². The van der Waals surface area contributed by atoms with E-state index in [1.54, 1.807) is 0 Å². The predicted molar refractivity (Wildman–Crippen MR) is 115 cm³/mol. The van der Waals surface area contributed by atoms with Crippen LogP contribution in [0.2, 0.25) is 0 Å². The average Bonchev–Trinajstić information content (AvgIpc) is 2.60. The lowest BCUT2D eigenvalue weighted by Crippen LogP contribution is -2.07. The highest BCUT2D eigenvalue weighted by molar-refractivity contribution is 7.99. The molecule has 0 saturated carbocycles. The van der Waals surface area contributed by atoms with Crippen molar-refractivity contribution in [2.75, 3.05) is 24.7 Å². The number of rotatable bonds is 21. The Morgan fingerprint density at radius 1 is 0.680 bits per heavy atom. The Hall–Kier alpha value is 0.270. The summed E-state index contributed by atoms with van der Waals surface area (Å²) in [4.78, 5) is 0. The Morgan fingerprint density at radius 2 is 1.16 bits per heavy atom. The molecule has 0 aliphatic rings. The summed E-state index contributed by atoms with van der Waals surface area (Å²) >= 11 is 2.01. The maximum atomic E-state index is 9.12. The Bertz CT molecular complexity index is 234. The van der Waals surface area contributed by atoms with E-state index >= 15 is 0 Å². The maximum absolute atomic E-state index is 9.12. The smallest absolute Gasteiger partial charge is 0.0556 e. The van der Waals surface area contributed by atoms with E-state index in [9.17, 15) is 0 Å². The molecule has 25 heavy (non-hydrogen) atoms. The molecule has 0 rings (SSSR count). The molecule has 3 heteroatoms. The van der Waals surface area contributed by atoms with Gasteiger partial charge in [0.15, 0.2) is 0 Å². The summed E-state index contributed by atoms with van der Waals surface area (Å²) in [6.45, 7) is 5.62. The minimum absolute atomic E-state index is 0.233. The Kier molecular flexibility index (Phi) is 22.6. The van der Waals surface area contributed by atoms with Crippen molar-refractivity contribution in [3.63, 3.8) is 0 Å². The number of aliphatic hydroxyl groups is 1. The van der Waals surface area contributed by atoms with Gasteiger partial charge in [-0.15, -0.1) is 0 Å². The fourth-order valence-electron chi connectivity index (χ4n) is 2.97. The van der Waals surface area contributed by atoms with Gasteiger partial charge in [-0.3, -0.25) is 0 Å². The van der Waals surface area contributed by atoms with Crippen molar-refractivity contribution >= 4 is 11.8 Å². The van der Waals surface area contributed by atoms with Gasteiger partial charge in [0.25, 0.3) is 0 Å². The lowest BCUT2D eigenvalue weighted by atomic mass is 10.0. The fraction of sp³-hybridized carbons (Fsp3) is 1.00. The SMILES string of the molecule is CCCCCCCCCCCCCCCCSCCOCCC(C)O. The van der Waals surface area contributed by atoms with Gasteiger partial charge in [0.2, 0.25) is 0 Å². The van der Waals surface area contributed by atoms with Crippen LogP contribution in [-0.2, 0) is 4.74 Å². The summed E-state index contributed by atoms with van der Waals surface area (Å²) in [5.41, 5.74) is 0. The molecule has 0 radical (unpaired) electrons. The summed E-state index contributed by atoms with van der Waals surface area (Å²) in [5, 5.41) is 9.12. The number of hydrogen-bond acceptors (Lipinski definition) is 3. The summed E-state index contributed by atoms with van der Waals surface area (Å²) in [5.74, 6) is 2.37. The molecular weight excluding hydrogens is 328 g/mol. The van der Waals surface area contributed by atoms with E-state index in [0.717, 1.165) is 18.8 Å². The van der Waals surface area contributed by atoms with E-state index in [1.165, 1.54) is 95.6 Å². The Balaban J connectivity index is 2.96. The largest absolute Gasteiger partial charge is 0.393 e. The monoisotopic (exact) mass is 374 g/mol. The van der Waals surface area contributed by atoms with E-state index in [-0.39, 0.29) is 6.10 Å². The maximum Gasteiger partial charge on any atom is 0.0556 e. The molecule has 0 heterocycles. The van der Waals surface area contributed by atoms with Gasteiger partial charge in [-0.25, -0.2) is 0 Å². The second kappa shape index (κ2) is 22.3. The molecule has 0 spiro atoms. The molecule has 1 N–H and O–H groups in total. The van der Waals surface area contributed by atoms with E-state index in [1.807, 2.05) is 18.7 Å². The molecule has 0 aliphatic heterocycles. The van der Waals surface area contributed by atoms with Gasteiger partial charge in [0.05, 0.1) is 12.7 Å². The minimum Gasteiger partial charge on any atom is -0.393 e. The third-order valence-electron chi connectivity index (χ3n) is 4.69. The van der Waals surface area contributed by atoms with Gasteiger partial charge in [-0.05, 0) is 25.5 Å². The molecular formula is C22H46O2S. The zero-order chi connectivity index (χ0) is 18.4. The number of unbranched alkanes of at least 4 members (excludes halogenated alkanes) is 13. The number of ether oxygens (including phenoxy) is 1. The second-order valence-corrected chi connectivity index (χ2v) is 8.68. The first-order valence-corrected chi connectivity index (χ1v) is 12.3. The molecule has 0 aliphatic carbocycles. The first kappa shape index (κ1) is 25.3. The van der Waals surface area contributed by atoms with Crippen LogP contribution in [0.25, 0.3) is 0 Å². The first-order chi connectivity index (χ1) is 12.3. The van der Waals surface area contributed by atoms with Crippen LogP contribution in [0, 0.1) is 0 Å². The highest BCUT2D eigenvalue weighted by atomic mass is 32.2. The normalized spacial score (nSPS) is 12.6. The second-order valence-electron chi connectivity index (χ2n) is 7.46. The molecule has 1 atom stereocenters. The van der Waals surface area contributed by atoms with E-state index < -0.39 is 0 Å². The summed E-state index contributed by atoms with van der Waals surface area (Å²) in [6.07, 6.45) is 20.6. The summed E-state index contributed by atoms with van der Waals surface area (Å²) in [7, 11) is 0. The third kappa shape index (κ3) is 24.3. The number of aliphatic hydroxyl groups excluding tert-OH is 1. The molecule has 0 aromatic heterocycles. The first-order valence-electron chi connectivity index (χ1n) is 11.1. The van der Waals surface area contributed by atoms with Crippen molar-refractivity contribution in [1.29, 1.82) is 0 Å². The van der Waals surface area contributed by atoms with Gasteiger partial charge in [0, 0.05) is 12.4 Å². The van der Waals surface area contributed by atoms with Crippen LogP contribution < -0.4 is 0 Å². The molecule has 0 aromatic carbocycles. The standard InChI is InChI=1S/C22H46O2S/c1-3-4-5-6-7-8-9-10-11-12-13-14-15-16-20-25-21-19-24-18-17-22(2)23/h22-23H,3-21H2,1-2H3. The van der Waals surface area contributed by atoms with Gasteiger partial charge in [-0.2, -0.15) is 11.8 Å². The van der Waals surface area contributed by atoms with Gasteiger partial charge < -0.3 is 9.84 Å². The highest BCUT2D eigenvalue weighted by Crippen LogP contribution is 2.13. The van der Waals surface area contributed by atoms with Crippen LogP contribution in [0.4, 0.5) is 0 Å². The third-order valence-corrected chi connectivity index (χ3v) is 5.73. The van der Waals surface area contributed by atoms with Crippen molar-refractivity contribution in [3.8, 4) is 0 Å². The molecule has 1 unspecified atom stereocenters. The summed E-state index contributed by atoms with van der Waals surface area (Å²) < 4.78 is 5.49. The van der Waals surface area contributed by atoms with Crippen molar-refractivity contribution in [2.45, 2.75) is 116 Å². The molecule has 0 fully saturated rings. The Labute approximate surface area is 162 Å². The molecule has 0 amide bonds. The van der Waals surface area contributed by atoms with Crippen LogP contribution in [-0.4, -0.2) is 35.9 Å². The molecule has 0 saturated heterocycles. The number of hydrogen-bond donors (Lipinski definition) is 1. The quantitative estimate of drug-likeness (QED) is 0.220. The average molecular weight is 375 g/mol. The van der Waals surface area contributed by atoms with Crippen molar-refractivity contribution in [3.05, 3.63) is 0 Å². The van der Waals surface area contributed by atoms with Crippen molar-refractivity contribution in [2.24, 2.45) is 0 Å². The van der Waals surface area contributed by atoms with E-state index in [0.29, 0.717) is 6.61 Å². The lowest BCUT2D eigenvalue weighted by Gasteiger charge is -2.06. The molecule has 0 bridgehead atoms. The highest BCUT2D eigenvalue weighted by Gasteiger charge is 1.96. The van der Waals surface area contributed by atoms with Crippen LogP contribution >= 0.6 is 11.8 Å². The summed E-state index contributed by atoms with van der Waals surface area (Å²) in [6, 6.07) is 0. The fourth-order valence-corrected chi connectivity index (χ4v) is 3.82. The van der Waals surface area contributed by atoms with Gasteiger partial charge >= 0.3 is 0 Å². The predicted octanol–water partition coefficient (Wildman–Crippen LogP) is 6.99. The molecule has 0 aromatic rings. The van der Waals surface area contributed by atoms with Gasteiger partial charge in [0.1, 0.15) is 0 Å². The topological polar surface area (TPSA) is 29.5 Å². The van der Waals surface area contributed by atoms with Gasteiger partial charge in [-0.1, -0.05) is 90.4 Å². The van der Waals surface area contributed by atoms with E-state index in [4.69, 9.17) is 9.84 Å². The lowest BCUT2D eigenvalue weighted by molar-refractivity contribution is 0.0982. The van der Waals surface area contributed by atoms with Crippen LogP contribution in [0.15, 0.2) is 0 Å². The molecule has 152 valence electrons. The zero-order valence-corrected chi connectivity index (χ0v) is 18.1. The van der Waals surface area contributed by atoms with E-state index in [2.05, 4.69) is 6.92 Å².